The Bertz CT molecular complexity index is 749. The van der Waals surface area contributed by atoms with Gasteiger partial charge in [-0.25, -0.2) is 4.79 Å². The number of hydrogen-bond donors (Lipinski definition) is 4. The minimum atomic E-state index is -0.871. The van der Waals surface area contributed by atoms with Crippen LogP contribution in [0.4, 0.5) is 10.5 Å². The standard InChI is InChI=1S/C19H23N3O4.ClH/c1-25-16-4-2-3-5-17(16)26-15-8-6-14(7-9-15)22-18(23)21-13-19(24)10-11-20-12-19;/h2-9,20,24H,10-13H2,1H3,(H2,21,22,23);1H. The largest absolute Gasteiger partial charge is 0.493 e. The highest BCUT2D eigenvalue weighted by molar-refractivity contribution is 5.89. The Kier molecular flexibility index (Phi) is 7.29. The molecule has 1 aliphatic rings. The number of methoxy groups -OCH3 is 1. The van der Waals surface area contributed by atoms with Crippen LogP contribution < -0.4 is 25.4 Å². The molecule has 146 valence electrons. The lowest BCUT2D eigenvalue weighted by Gasteiger charge is -2.21. The molecule has 1 atom stereocenters. The van der Waals surface area contributed by atoms with Crippen molar-refractivity contribution in [3.8, 4) is 17.2 Å². The van der Waals surface area contributed by atoms with E-state index in [0.29, 0.717) is 35.9 Å². The van der Waals surface area contributed by atoms with E-state index >= 15 is 0 Å². The van der Waals surface area contributed by atoms with Crippen molar-refractivity contribution >= 4 is 24.1 Å². The highest BCUT2D eigenvalue weighted by Crippen LogP contribution is 2.31. The number of nitrogens with one attached hydrogen (secondary N) is 3. The second kappa shape index (κ2) is 9.45. The number of rotatable bonds is 6. The summed E-state index contributed by atoms with van der Waals surface area (Å²) in [6.45, 7) is 1.45. The van der Waals surface area contributed by atoms with Crippen LogP contribution in [0.3, 0.4) is 0 Å². The van der Waals surface area contributed by atoms with Crippen molar-refractivity contribution in [2.45, 2.75) is 12.0 Å². The SMILES string of the molecule is COc1ccccc1Oc1ccc(NC(=O)NCC2(O)CCNC2)cc1.Cl. The molecular formula is C19H24ClN3O4. The first kappa shape index (κ1) is 20.8. The van der Waals surface area contributed by atoms with E-state index in [-0.39, 0.29) is 25.0 Å². The van der Waals surface area contributed by atoms with Crippen molar-refractivity contribution in [1.29, 1.82) is 0 Å². The molecule has 1 fully saturated rings. The Hall–Kier alpha value is -2.48. The van der Waals surface area contributed by atoms with Crippen LogP contribution in [0.15, 0.2) is 48.5 Å². The average molecular weight is 394 g/mol. The molecule has 1 aliphatic heterocycles. The van der Waals surface area contributed by atoms with Gasteiger partial charge in [0.1, 0.15) is 5.75 Å². The van der Waals surface area contributed by atoms with E-state index in [4.69, 9.17) is 9.47 Å². The van der Waals surface area contributed by atoms with E-state index in [9.17, 15) is 9.90 Å². The Balaban J connectivity index is 0.00000261. The van der Waals surface area contributed by atoms with Crippen molar-refractivity contribution in [1.82, 2.24) is 10.6 Å². The van der Waals surface area contributed by atoms with E-state index in [2.05, 4.69) is 16.0 Å². The fourth-order valence-corrected chi connectivity index (χ4v) is 2.74. The normalized spacial score (nSPS) is 18.3. The first-order valence-electron chi connectivity index (χ1n) is 8.47. The summed E-state index contributed by atoms with van der Waals surface area (Å²) < 4.78 is 11.1. The lowest BCUT2D eigenvalue weighted by atomic mass is 10.0. The van der Waals surface area contributed by atoms with Gasteiger partial charge in [-0.05, 0) is 49.4 Å². The summed E-state index contributed by atoms with van der Waals surface area (Å²) in [5.74, 6) is 1.90. The maximum Gasteiger partial charge on any atom is 0.319 e. The van der Waals surface area contributed by atoms with E-state index in [1.165, 1.54) is 0 Å². The smallest absolute Gasteiger partial charge is 0.319 e. The van der Waals surface area contributed by atoms with E-state index in [1.54, 1.807) is 31.4 Å². The van der Waals surface area contributed by atoms with E-state index in [0.717, 1.165) is 6.54 Å². The summed E-state index contributed by atoms with van der Waals surface area (Å²) in [5.41, 5.74) is -0.240. The van der Waals surface area contributed by atoms with Crippen molar-refractivity contribution in [3.63, 3.8) is 0 Å². The first-order valence-corrected chi connectivity index (χ1v) is 8.47. The predicted molar refractivity (Wildman–Crippen MR) is 106 cm³/mol. The predicted octanol–water partition coefficient (Wildman–Crippen LogP) is 2.76. The fourth-order valence-electron chi connectivity index (χ4n) is 2.74. The maximum absolute atomic E-state index is 12.0. The summed E-state index contributed by atoms with van der Waals surface area (Å²) in [6, 6.07) is 14.0. The Morgan fingerprint density at radius 2 is 1.89 bits per heavy atom. The number of anilines is 1. The Morgan fingerprint density at radius 3 is 2.52 bits per heavy atom. The molecule has 3 rings (SSSR count). The van der Waals surface area contributed by atoms with Gasteiger partial charge >= 0.3 is 6.03 Å². The molecule has 27 heavy (non-hydrogen) atoms. The average Bonchev–Trinajstić information content (AvgIpc) is 3.09. The van der Waals surface area contributed by atoms with Crippen molar-refractivity contribution in [2.24, 2.45) is 0 Å². The van der Waals surface area contributed by atoms with Crippen LogP contribution in [0.5, 0.6) is 17.2 Å². The second-order valence-corrected chi connectivity index (χ2v) is 6.24. The van der Waals surface area contributed by atoms with Gasteiger partial charge < -0.3 is 30.5 Å². The number of carbonyl (C=O) groups is 1. The molecule has 0 bridgehead atoms. The number of β-amino-alcohol motifs (C(OH)–C–C–N with tert-alkyl or cyclic N) is 1. The van der Waals surface area contributed by atoms with Crippen LogP contribution in [-0.2, 0) is 0 Å². The number of benzene rings is 2. The monoisotopic (exact) mass is 393 g/mol. The quantitative estimate of drug-likeness (QED) is 0.605. The number of para-hydroxylation sites is 2. The van der Waals surface area contributed by atoms with E-state index in [1.807, 2.05) is 24.3 Å². The molecule has 2 aromatic carbocycles. The van der Waals surface area contributed by atoms with Gasteiger partial charge in [0.05, 0.1) is 12.7 Å². The summed E-state index contributed by atoms with van der Waals surface area (Å²) in [7, 11) is 1.59. The molecule has 0 radical (unpaired) electrons. The number of ether oxygens (including phenoxy) is 2. The highest BCUT2D eigenvalue weighted by atomic mass is 35.5. The van der Waals surface area contributed by atoms with Gasteiger partial charge in [0.2, 0.25) is 0 Å². The molecular weight excluding hydrogens is 370 g/mol. The zero-order valence-corrected chi connectivity index (χ0v) is 15.8. The third-order valence-corrected chi connectivity index (χ3v) is 4.21. The number of urea groups is 1. The summed E-state index contributed by atoms with van der Waals surface area (Å²) in [4.78, 5) is 12.0. The molecule has 8 heteroatoms. The van der Waals surface area contributed by atoms with Gasteiger partial charge in [0.15, 0.2) is 11.5 Å². The summed E-state index contributed by atoms with van der Waals surface area (Å²) in [6.07, 6.45) is 0.627. The zero-order valence-electron chi connectivity index (χ0n) is 15.0. The van der Waals surface area contributed by atoms with Crippen molar-refractivity contribution in [2.75, 3.05) is 32.1 Å². The molecule has 0 aliphatic carbocycles. The van der Waals surface area contributed by atoms with Crippen LogP contribution in [0.1, 0.15) is 6.42 Å². The van der Waals surface area contributed by atoms with Crippen LogP contribution in [0.25, 0.3) is 0 Å². The molecule has 4 N–H and O–H groups in total. The van der Waals surface area contributed by atoms with Gasteiger partial charge in [-0.15, -0.1) is 12.4 Å². The fraction of sp³-hybridized carbons (Fsp3) is 0.316. The lowest BCUT2D eigenvalue weighted by molar-refractivity contribution is 0.0640. The molecule has 0 spiro atoms. The Morgan fingerprint density at radius 1 is 1.19 bits per heavy atom. The third-order valence-electron chi connectivity index (χ3n) is 4.21. The van der Waals surface area contributed by atoms with Gasteiger partial charge in [-0.1, -0.05) is 12.1 Å². The molecule has 2 amide bonds. The molecule has 0 saturated carbocycles. The third kappa shape index (κ3) is 5.75. The number of amides is 2. The topological polar surface area (TPSA) is 91.9 Å². The zero-order chi connectivity index (χ0) is 18.4. The summed E-state index contributed by atoms with van der Waals surface area (Å²) >= 11 is 0. The highest BCUT2D eigenvalue weighted by Gasteiger charge is 2.31. The van der Waals surface area contributed by atoms with Crippen LogP contribution in [0, 0.1) is 0 Å². The second-order valence-electron chi connectivity index (χ2n) is 6.24. The van der Waals surface area contributed by atoms with E-state index < -0.39 is 5.60 Å². The minimum Gasteiger partial charge on any atom is -0.493 e. The number of hydrogen-bond acceptors (Lipinski definition) is 5. The lowest BCUT2D eigenvalue weighted by Crippen LogP contribution is -2.45. The van der Waals surface area contributed by atoms with Crippen LogP contribution >= 0.6 is 12.4 Å². The summed E-state index contributed by atoms with van der Waals surface area (Å²) in [5, 5.41) is 18.7. The van der Waals surface area contributed by atoms with Gasteiger partial charge in [0, 0.05) is 18.8 Å². The number of halogens is 1. The number of aliphatic hydroxyl groups is 1. The van der Waals surface area contributed by atoms with Gasteiger partial charge in [0.25, 0.3) is 0 Å². The molecule has 1 saturated heterocycles. The maximum atomic E-state index is 12.0. The molecule has 0 aromatic heterocycles. The van der Waals surface area contributed by atoms with Crippen LogP contribution in [-0.4, -0.2) is 43.5 Å². The van der Waals surface area contributed by atoms with Crippen molar-refractivity contribution < 1.29 is 19.4 Å². The molecule has 1 unspecified atom stereocenters. The molecule has 1 heterocycles. The molecule has 2 aromatic rings. The van der Waals surface area contributed by atoms with Crippen molar-refractivity contribution in [3.05, 3.63) is 48.5 Å². The number of carbonyl (C=O) groups excluding carboxylic acids is 1. The van der Waals surface area contributed by atoms with Gasteiger partial charge in [-0.2, -0.15) is 0 Å². The minimum absolute atomic E-state index is 0. The van der Waals surface area contributed by atoms with Crippen LogP contribution in [0.2, 0.25) is 0 Å². The first-order chi connectivity index (χ1) is 12.6. The molecule has 7 nitrogen and oxygen atoms in total. The Labute approximate surface area is 164 Å². The van der Waals surface area contributed by atoms with Gasteiger partial charge in [-0.3, -0.25) is 0 Å².